The van der Waals surface area contributed by atoms with Gasteiger partial charge >= 0.3 is 0 Å². The van der Waals surface area contributed by atoms with E-state index >= 15 is 0 Å². The molecule has 2 N–H and O–H groups in total. The molecule has 3 nitrogen and oxygen atoms in total. The number of hydrogen-bond acceptors (Lipinski definition) is 4. The molecule has 0 aliphatic carbocycles. The van der Waals surface area contributed by atoms with Crippen molar-refractivity contribution in [2.24, 2.45) is 0 Å². The average molecular weight is 276 g/mol. The van der Waals surface area contributed by atoms with Gasteiger partial charge in [0.1, 0.15) is 17.7 Å². The Balaban J connectivity index is 2.92. The highest BCUT2D eigenvalue weighted by molar-refractivity contribution is 8.13. The van der Waals surface area contributed by atoms with Crippen LogP contribution in [-0.2, 0) is 4.79 Å². The Morgan fingerprint density at radius 2 is 2.00 bits per heavy atom. The van der Waals surface area contributed by atoms with Crippen molar-refractivity contribution < 1.29 is 23.8 Å². The van der Waals surface area contributed by atoms with Crippen molar-refractivity contribution in [2.45, 2.75) is 26.1 Å². The van der Waals surface area contributed by atoms with Gasteiger partial charge in [-0.2, -0.15) is 0 Å². The highest BCUT2D eigenvalue weighted by Gasteiger charge is 2.26. The lowest BCUT2D eigenvalue weighted by molar-refractivity contribution is -0.109. The van der Waals surface area contributed by atoms with E-state index in [1.807, 2.05) is 0 Å². The molecule has 0 bridgehead atoms. The molecule has 0 radical (unpaired) electrons. The van der Waals surface area contributed by atoms with Crippen LogP contribution in [0.2, 0.25) is 0 Å². The van der Waals surface area contributed by atoms with E-state index in [1.165, 1.54) is 19.9 Å². The third-order valence-corrected chi connectivity index (χ3v) is 3.35. The maximum atomic E-state index is 13.7. The Bertz CT molecular complexity index is 451. The van der Waals surface area contributed by atoms with E-state index in [1.54, 1.807) is 0 Å². The molecule has 0 aromatic heterocycles. The standard InChI is InChI=1S/C12H14F2O3S/c1-6-3-4-8(13)10(11(6)14)12(17)9(16)5-18-7(2)15/h3-4,9,12,16-17H,5H2,1-2H3. The quantitative estimate of drug-likeness (QED) is 0.882. The van der Waals surface area contributed by atoms with Gasteiger partial charge in [-0.3, -0.25) is 4.79 Å². The van der Waals surface area contributed by atoms with Crippen molar-refractivity contribution in [3.05, 3.63) is 34.9 Å². The normalized spacial score (nSPS) is 14.3. The molecular formula is C12H14F2O3S. The summed E-state index contributed by atoms with van der Waals surface area (Å²) in [6.07, 6.45) is -3.11. The van der Waals surface area contributed by atoms with Gasteiger partial charge in [-0.05, 0) is 18.6 Å². The molecule has 2 atom stereocenters. The topological polar surface area (TPSA) is 57.5 Å². The smallest absolute Gasteiger partial charge is 0.185 e. The molecule has 6 heteroatoms. The van der Waals surface area contributed by atoms with Gasteiger partial charge in [-0.15, -0.1) is 0 Å². The van der Waals surface area contributed by atoms with Crippen LogP contribution >= 0.6 is 11.8 Å². The van der Waals surface area contributed by atoms with E-state index in [9.17, 15) is 23.8 Å². The van der Waals surface area contributed by atoms with Crippen molar-refractivity contribution in [3.63, 3.8) is 0 Å². The summed E-state index contributed by atoms with van der Waals surface area (Å²) >= 11 is 0.784. The second kappa shape index (κ2) is 6.26. The zero-order valence-corrected chi connectivity index (χ0v) is 10.8. The molecule has 1 aromatic rings. The van der Waals surface area contributed by atoms with Crippen LogP contribution in [0.25, 0.3) is 0 Å². The number of carbonyl (C=O) groups is 1. The Morgan fingerprint density at radius 1 is 1.39 bits per heavy atom. The van der Waals surface area contributed by atoms with E-state index in [0.29, 0.717) is 0 Å². The van der Waals surface area contributed by atoms with Gasteiger partial charge in [0, 0.05) is 12.7 Å². The van der Waals surface area contributed by atoms with Crippen LogP contribution < -0.4 is 0 Å². The van der Waals surface area contributed by atoms with Crippen LogP contribution in [0.5, 0.6) is 0 Å². The predicted molar refractivity (Wildman–Crippen MR) is 65.2 cm³/mol. The lowest BCUT2D eigenvalue weighted by Gasteiger charge is -2.19. The first kappa shape index (κ1) is 15.1. The van der Waals surface area contributed by atoms with Crippen LogP contribution in [0.1, 0.15) is 24.2 Å². The fourth-order valence-corrected chi connectivity index (χ4v) is 2.02. The molecule has 1 rings (SSSR count). The largest absolute Gasteiger partial charge is 0.389 e. The summed E-state index contributed by atoms with van der Waals surface area (Å²) in [6, 6.07) is 2.28. The predicted octanol–water partition coefficient (Wildman–Crippen LogP) is 1.95. The number of hydrogen-bond donors (Lipinski definition) is 2. The molecule has 0 heterocycles. The number of halogens is 2. The molecule has 0 amide bonds. The number of aliphatic hydroxyl groups excluding tert-OH is 2. The first-order valence-electron chi connectivity index (χ1n) is 5.28. The van der Waals surface area contributed by atoms with Gasteiger partial charge < -0.3 is 10.2 Å². The molecule has 0 fully saturated rings. The van der Waals surface area contributed by atoms with E-state index in [0.717, 1.165) is 17.8 Å². The molecule has 18 heavy (non-hydrogen) atoms. The summed E-state index contributed by atoms with van der Waals surface area (Å²) in [5.74, 6) is -1.92. The number of aliphatic hydroxyl groups is 2. The summed E-state index contributed by atoms with van der Waals surface area (Å²) in [6.45, 7) is 2.74. The van der Waals surface area contributed by atoms with E-state index in [4.69, 9.17) is 0 Å². The summed E-state index contributed by atoms with van der Waals surface area (Å²) in [4.78, 5) is 10.7. The first-order chi connectivity index (χ1) is 8.34. The second-order valence-corrected chi connectivity index (χ2v) is 5.10. The number of thioether (sulfide) groups is 1. The Labute approximate surface area is 108 Å². The molecule has 0 saturated heterocycles. The summed E-state index contributed by atoms with van der Waals surface area (Å²) in [5.41, 5.74) is -0.386. The maximum Gasteiger partial charge on any atom is 0.185 e. The first-order valence-corrected chi connectivity index (χ1v) is 6.27. The molecule has 100 valence electrons. The van der Waals surface area contributed by atoms with Crippen LogP contribution in [0.15, 0.2) is 12.1 Å². The second-order valence-electron chi connectivity index (χ2n) is 3.91. The fraction of sp³-hybridized carbons (Fsp3) is 0.417. The summed E-state index contributed by atoms with van der Waals surface area (Å²) in [5, 5.41) is 19.1. The minimum Gasteiger partial charge on any atom is -0.389 e. The van der Waals surface area contributed by atoms with E-state index in [2.05, 4.69) is 0 Å². The maximum absolute atomic E-state index is 13.7. The molecule has 0 aliphatic heterocycles. The zero-order chi connectivity index (χ0) is 13.9. The average Bonchev–Trinajstić information content (AvgIpc) is 2.31. The van der Waals surface area contributed by atoms with Gasteiger partial charge in [0.15, 0.2) is 5.12 Å². The minimum atomic E-state index is -1.70. The lowest BCUT2D eigenvalue weighted by atomic mass is 10.0. The Hall–Kier alpha value is -0.980. The van der Waals surface area contributed by atoms with Crippen molar-refractivity contribution in [1.29, 1.82) is 0 Å². The molecule has 1 aromatic carbocycles. The van der Waals surface area contributed by atoms with Crippen LogP contribution in [0, 0.1) is 18.6 Å². The third-order valence-electron chi connectivity index (χ3n) is 2.44. The number of aryl methyl sites for hydroxylation is 1. The SMILES string of the molecule is CC(=O)SCC(O)C(O)c1c(F)ccc(C)c1F. The number of benzene rings is 1. The third kappa shape index (κ3) is 3.51. The number of rotatable bonds is 4. The lowest BCUT2D eigenvalue weighted by Crippen LogP contribution is -2.23. The van der Waals surface area contributed by atoms with Gasteiger partial charge in [0.2, 0.25) is 0 Å². The molecule has 0 aliphatic rings. The van der Waals surface area contributed by atoms with Gasteiger partial charge in [-0.1, -0.05) is 17.8 Å². The molecular weight excluding hydrogens is 262 g/mol. The van der Waals surface area contributed by atoms with E-state index in [-0.39, 0.29) is 16.4 Å². The highest BCUT2D eigenvalue weighted by Crippen LogP contribution is 2.27. The van der Waals surface area contributed by atoms with Gasteiger partial charge in [0.25, 0.3) is 0 Å². The number of carbonyl (C=O) groups excluding carboxylic acids is 1. The Kier molecular flexibility index (Phi) is 5.25. The zero-order valence-electron chi connectivity index (χ0n) is 9.98. The fourth-order valence-electron chi connectivity index (χ4n) is 1.44. The van der Waals surface area contributed by atoms with Gasteiger partial charge in [-0.25, -0.2) is 8.78 Å². The molecule has 2 unspecified atom stereocenters. The highest BCUT2D eigenvalue weighted by atomic mass is 32.2. The summed E-state index contributed by atoms with van der Waals surface area (Å²) < 4.78 is 27.1. The van der Waals surface area contributed by atoms with Crippen LogP contribution in [0.3, 0.4) is 0 Å². The van der Waals surface area contributed by atoms with Crippen molar-refractivity contribution in [3.8, 4) is 0 Å². The van der Waals surface area contributed by atoms with Gasteiger partial charge in [0.05, 0.1) is 11.7 Å². The monoisotopic (exact) mass is 276 g/mol. The molecule has 0 spiro atoms. The summed E-state index contributed by atoms with van der Waals surface area (Å²) in [7, 11) is 0. The van der Waals surface area contributed by atoms with Crippen molar-refractivity contribution >= 4 is 16.9 Å². The van der Waals surface area contributed by atoms with Crippen LogP contribution in [0.4, 0.5) is 8.78 Å². The van der Waals surface area contributed by atoms with Crippen LogP contribution in [-0.4, -0.2) is 27.2 Å². The van der Waals surface area contributed by atoms with Crippen molar-refractivity contribution in [2.75, 3.05) is 5.75 Å². The Morgan fingerprint density at radius 3 is 2.56 bits per heavy atom. The molecule has 0 saturated carbocycles. The van der Waals surface area contributed by atoms with E-state index < -0.39 is 29.4 Å². The minimum absolute atomic E-state index is 0.122. The van der Waals surface area contributed by atoms with Crippen molar-refractivity contribution in [1.82, 2.24) is 0 Å².